The maximum atomic E-state index is 12.9. The van der Waals surface area contributed by atoms with Gasteiger partial charge in [-0.2, -0.15) is 0 Å². The van der Waals surface area contributed by atoms with E-state index in [1.807, 2.05) is 19.0 Å². The van der Waals surface area contributed by atoms with Gasteiger partial charge in [0.25, 0.3) is 0 Å². The van der Waals surface area contributed by atoms with Crippen molar-refractivity contribution in [2.45, 2.75) is 199 Å². The van der Waals surface area contributed by atoms with E-state index in [1.54, 1.807) is 0 Å². The van der Waals surface area contributed by atoms with Gasteiger partial charge in [0.05, 0.1) is 6.61 Å². The lowest BCUT2D eigenvalue weighted by Gasteiger charge is -2.23. The molecule has 316 valence electrons. The largest absolute Gasteiger partial charge is 0.463 e. The highest BCUT2D eigenvalue weighted by Gasteiger charge is 2.43. The Labute approximate surface area is 336 Å². The number of carbonyl (C=O) groups excluding carboxylic acids is 3. The zero-order valence-corrected chi connectivity index (χ0v) is 35.7. The van der Waals surface area contributed by atoms with Crippen LogP contribution in [0.3, 0.4) is 0 Å². The lowest BCUT2D eigenvalue weighted by Crippen LogP contribution is -2.40. The Morgan fingerprint density at radius 3 is 1.47 bits per heavy atom. The van der Waals surface area contributed by atoms with E-state index in [4.69, 9.17) is 18.9 Å². The average Bonchev–Trinajstić information content (AvgIpc) is 3.53. The second-order valence-corrected chi connectivity index (χ2v) is 15.4. The van der Waals surface area contributed by atoms with E-state index in [-0.39, 0.29) is 31.1 Å². The van der Waals surface area contributed by atoms with Crippen molar-refractivity contribution in [1.29, 1.82) is 0 Å². The Morgan fingerprint density at radius 1 is 0.545 bits per heavy atom. The first-order valence-corrected chi connectivity index (χ1v) is 22.3. The summed E-state index contributed by atoms with van der Waals surface area (Å²) in [5, 5.41) is 0. The summed E-state index contributed by atoms with van der Waals surface area (Å²) in [6.07, 6.45) is 42.1. The van der Waals surface area contributed by atoms with Crippen LogP contribution in [0.5, 0.6) is 0 Å². The quantitative estimate of drug-likeness (QED) is 0.0269. The molecule has 1 fully saturated rings. The van der Waals surface area contributed by atoms with E-state index in [1.165, 1.54) is 51.4 Å². The number of esters is 3. The van der Waals surface area contributed by atoms with Gasteiger partial charge in [-0.3, -0.25) is 14.4 Å². The van der Waals surface area contributed by atoms with Crippen molar-refractivity contribution in [1.82, 2.24) is 4.90 Å². The number of rotatable bonds is 36. The molecule has 1 aliphatic heterocycles. The third-order valence-corrected chi connectivity index (χ3v) is 9.82. The van der Waals surface area contributed by atoms with Crippen LogP contribution >= 0.6 is 0 Å². The SMILES string of the molecule is CCCCC/C=C\C/C=C\CCCCCCCC(=O)O[C@@H]1[C@@H](OC(=O)CCCCCCC/C=C\C/C=C\CCCCC)CO[C@@H]1COC(=O)CCCN(C)C. The Morgan fingerprint density at radius 2 is 0.982 bits per heavy atom. The smallest absolute Gasteiger partial charge is 0.306 e. The molecule has 0 aromatic heterocycles. The molecule has 0 aliphatic carbocycles. The van der Waals surface area contributed by atoms with Crippen molar-refractivity contribution < 1.29 is 33.3 Å². The van der Waals surface area contributed by atoms with Crippen LogP contribution in [0.15, 0.2) is 48.6 Å². The second-order valence-electron chi connectivity index (χ2n) is 15.4. The molecule has 3 atom stereocenters. The fourth-order valence-corrected chi connectivity index (χ4v) is 6.43. The van der Waals surface area contributed by atoms with Crippen molar-refractivity contribution in [2.75, 3.05) is 33.9 Å². The molecule has 8 nitrogen and oxygen atoms in total. The number of nitrogens with zero attached hydrogens (tertiary/aromatic N) is 1. The van der Waals surface area contributed by atoms with E-state index >= 15 is 0 Å². The molecule has 0 aromatic rings. The van der Waals surface area contributed by atoms with Crippen LogP contribution in [0.1, 0.15) is 181 Å². The third kappa shape index (κ3) is 31.1. The van der Waals surface area contributed by atoms with Crippen LogP contribution < -0.4 is 0 Å². The first-order chi connectivity index (χ1) is 26.9. The average molecular weight is 772 g/mol. The van der Waals surface area contributed by atoms with Gasteiger partial charge in [0.15, 0.2) is 12.2 Å². The summed E-state index contributed by atoms with van der Waals surface area (Å²) in [5.41, 5.74) is 0. The first kappa shape index (κ1) is 50.3. The summed E-state index contributed by atoms with van der Waals surface area (Å²) in [6, 6.07) is 0. The van der Waals surface area contributed by atoms with E-state index in [0.29, 0.717) is 25.7 Å². The normalized spacial score (nSPS) is 17.4. The molecule has 0 saturated carbocycles. The summed E-state index contributed by atoms with van der Waals surface area (Å²) in [7, 11) is 3.92. The van der Waals surface area contributed by atoms with Gasteiger partial charge in [0, 0.05) is 19.3 Å². The Bertz CT molecular complexity index is 1070. The minimum atomic E-state index is -0.798. The van der Waals surface area contributed by atoms with Gasteiger partial charge in [-0.1, -0.05) is 127 Å². The third-order valence-electron chi connectivity index (χ3n) is 9.82. The number of hydrogen-bond donors (Lipinski definition) is 0. The topological polar surface area (TPSA) is 91.4 Å². The van der Waals surface area contributed by atoms with Gasteiger partial charge < -0.3 is 23.8 Å². The van der Waals surface area contributed by atoms with E-state index in [0.717, 1.165) is 96.4 Å². The highest BCUT2D eigenvalue weighted by Crippen LogP contribution is 2.24. The van der Waals surface area contributed by atoms with Gasteiger partial charge >= 0.3 is 17.9 Å². The van der Waals surface area contributed by atoms with Crippen molar-refractivity contribution in [3.63, 3.8) is 0 Å². The van der Waals surface area contributed by atoms with Crippen LogP contribution in [0.4, 0.5) is 0 Å². The van der Waals surface area contributed by atoms with E-state index < -0.39 is 18.3 Å². The number of hydrogen-bond acceptors (Lipinski definition) is 8. The molecular formula is C47H81NO7. The van der Waals surface area contributed by atoms with Crippen LogP contribution in [-0.4, -0.2) is 75.0 Å². The molecule has 1 heterocycles. The summed E-state index contributed by atoms with van der Waals surface area (Å²) in [4.78, 5) is 40.1. The highest BCUT2D eigenvalue weighted by molar-refractivity contribution is 5.71. The second kappa shape index (κ2) is 36.9. The molecule has 0 unspecified atom stereocenters. The lowest BCUT2D eigenvalue weighted by atomic mass is 10.1. The van der Waals surface area contributed by atoms with Gasteiger partial charge in [-0.25, -0.2) is 0 Å². The standard InChI is InChI=1S/C47H81NO7/c1-5-7-9-11-13-15-17-19-21-23-25-27-29-31-33-36-45(50)54-43-41-52-42(40-53-44(49)38-35-39-48(3)4)47(43)55-46(51)37-34-32-30-28-26-24-22-20-18-16-14-12-10-8-6-2/h13-16,19-22,42-43,47H,5-12,17-18,23-41H2,1-4H3/b15-13-,16-14-,21-19-,22-20-/t42-,43+,47+/m1/s1. The van der Waals surface area contributed by atoms with Crippen LogP contribution in [-0.2, 0) is 33.3 Å². The van der Waals surface area contributed by atoms with Crippen LogP contribution in [0, 0.1) is 0 Å². The summed E-state index contributed by atoms with van der Waals surface area (Å²) >= 11 is 0. The monoisotopic (exact) mass is 772 g/mol. The molecule has 0 radical (unpaired) electrons. The van der Waals surface area contributed by atoms with E-state index in [9.17, 15) is 14.4 Å². The van der Waals surface area contributed by atoms with Crippen LogP contribution in [0.25, 0.3) is 0 Å². The van der Waals surface area contributed by atoms with Gasteiger partial charge in [-0.05, 0) is 104 Å². The predicted octanol–water partition coefficient (Wildman–Crippen LogP) is 11.7. The molecule has 55 heavy (non-hydrogen) atoms. The Hall–Kier alpha value is -2.71. The van der Waals surface area contributed by atoms with Crippen molar-refractivity contribution in [3.05, 3.63) is 48.6 Å². The van der Waals surface area contributed by atoms with Crippen molar-refractivity contribution in [2.24, 2.45) is 0 Å². The van der Waals surface area contributed by atoms with Crippen molar-refractivity contribution in [3.8, 4) is 0 Å². The molecule has 0 spiro atoms. The van der Waals surface area contributed by atoms with E-state index in [2.05, 4.69) is 62.5 Å². The number of ether oxygens (including phenoxy) is 4. The molecule has 1 saturated heterocycles. The van der Waals surface area contributed by atoms with Gasteiger partial charge in [0.2, 0.25) is 0 Å². The zero-order valence-electron chi connectivity index (χ0n) is 35.7. The molecule has 8 heteroatoms. The molecule has 1 aliphatic rings. The predicted molar refractivity (Wildman–Crippen MR) is 227 cm³/mol. The minimum Gasteiger partial charge on any atom is -0.463 e. The van der Waals surface area contributed by atoms with Gasteiger partial charge in [-0.15, -0.1) is 0 Å². The lowest BCUT2D eigenvalue weighted by molar-refractivity contribution is -0.168. The number of carbonyl (C=O) groups is 3. The number of unbranched alkanes of at least 4 members (excludes halogenated alkanes) is 16. The van der Waals surface area contributed by atoms with Gasteiger partial charge in [0.1, 0.15) is 12.7 Å². The summed E-state index contributed by atoms with van der Waals surface area (Å²) in [5.74, 6) is -0.962. The Kier molecular flexibility index (Phi) is 33.8. The molecule has 0 amide bonds. The number of allylic oxidation sites excluding steroid dienone is 8. The zero-order chi connectivity index (χ0) is 40.0. The summed E-state index contributed by atoms with van der Waals surface area (Å²) in [6.45, 7) is 5.32. The van der Waals surface area contributed by atoms with Crippen LogP contribution in [0.2, 0.25) is 0 Å². The first-order valence-electron chi connectivity index (χ1n) is 22.3. The fourth-order valence-electron chi connectivity index (χ4n) is 6.43. The summed E-state index contributed by atoms with van der Waals surface area (Å²) < 4.78 is 23.0. The highest BCUT2D eigenvalue weighted by atomic mass is 16.6. The molecule has 1 rings (SSSR count). The molecule has 0 aromatic carbocycles. The Balaban J connectivity index is 2.38. The molecular weight excluding hydrogens is 691 g/mol. The minimum absolute atomic E-state index is 0.0403. The fraction of sp³-hybridized carbons (Fsp3) is 0.766. The maximum absolute atomic E-state index is 12.9. The van der Waals surface area contributed by atoms with Crippen molar-refractivity contribution >= 4 is 17.9 Å². The molecule has 0 bridgehead atoms. The maximum Gasteiger partial charge on any atom is 0.306 e. The molecule has 0 N–H and O–H groups in total.